The van der Waals surface area contributed by atoms with Crippen LogP contribution in [0, 0.1) is 5.92 Å². The number of aromatic nitrogens is 4. The molecule has 2 aliphatic rings. The standard InChI is InChI=1S/C26H31N7O4/c27-22-21-23(29-14-28-22)33(19-12-8-16(9-13-19)25(35)36)24(34)20(32-21)15-6-10-18(11-7-15)31-26(37)30-17-4-2-1-3-5-17/h6-7,10-11,14,16-17,19H,1-5,8-9,12-13H2,(H,35,36)(H2,27,28,29)(H2,30,31,37). The summed E-state index contributed by atoms with van der Waals surface area (Å²) in [4.78, 5) is 50.4. The molecule has 0 unspecified atom stereocenters. The van der Waals surface area contributed by atoms with Crippen molar-refractivity contribution in [3.05, 3.63) is 40.9 Å². The summed E-state index contributed by atoms with van der Waals surface area (Å²) < 4.78 is 1.59. The van der Waals surface area contributed by atoms with Gasteiger partial charge in [0.1, 0.15) is 17.5 Å². The van der Waals surface area contributed by atoms with Gasteiger partial charge in [-0.3, -0.25) is 14.2 Å². The van der Waals surface area contributed by atoms with Gasteiger partial charge in [-0.05, 0) is 50.7 Å². The highest BCUT2D eigenvalue weighted by Gasteiger charge is 2.30. The Morgan fingerprint density at radius 1 is 0.973 bits per heavy atom. The molecule has 2 fully saturated rings. The average Bonchev–Trinajstić information content (AvgIpc) is 2.90. The van der Waals surface area contributed by atoms with Crippen molar-refractivity contribution in [3.8, 4) is 11.3 Å². The molecule has 194 valence electrons. The van der Waals surface area contributed by atoms with Crippen LogP contribution in [0.5, 0.6) is 0 Å². The average molecular weight is 506 g/mol. The molecule has 0 aliphatic heterocycles. The fourth-order valence-electron chi connectivity index (χ4n) is 5.45. The first kappa shape index (κ1) is 24.7. The van der Waals surface area contributed by atoms with Crippen LogP contribution in [0.1, 0.15) is 63.8 Å². The summed E-state index contributed by atoms with van der Waals surface area (Å²) in [5.41, 5.74) is 7.84. The van der Waals surface area contributed by atoms with E-state index in [-0.39, 0.29) is 35.2 Å². The van der Waals surface area contributed by atoms with Crippen LogP contribution in [-0.2, 0) is 4.79 Å². The van der Waals surface area contributed by atoms with E-state index < -0.39 is 11.9 Å². The quantitative estimate of drug-likeness (QED) is 0.407. The molecule has 37 heavy (non-hydrogen) atoms. The minimum Gasteiger partial charge on any atom is -0.481 e. The fourth-order valence-corrected chi connectivity index (χ4v) is 5.45. The maximum atomic E-state index is 13.7. The van der Waals surface area contributed by atoms with Crippen LogP contribution in [0.15, 0.2) is 35.4 Å². The number of carboxylic acids is 1. The van der Waals surface area contributed by atoms with Crippen LogP contribution in [0.3, 0.4) is 0 Å². The number of carboxylic acid groups (broad SMARTS) is 1. The summed E-state index contributed by atoms with van der Waals surface area (Å²) in [5.74, 6) is -1.05. The van der Waals surface area contributed by atoms with E-state index in [0.717, 1.165) is 25.7 Å². The number of nitrogens with two attached hydrogens (primary N) is 1. The van der Waals surface area contributed by atoms with E-state index in [0.29, 0.717) is 48.1 Å². The summed E-state index contributed by atoms with van der Waals surface area (Å²) in [6, 6.07) is 6.67. The Morgan fingerprint density at radius 3 is 2.35 bits per heavy atom. The number of fused-ring (bicyclic) bond motifs is 1. The van der Waals surface area contributed by atoms with Crippen LogP contribution in [0.25, 0.3) is 22.4 Å². The second-order valence-electron chi connectivity index (χ2n) is 9.92. The minimum atomic E-state index is -0.807. The molecular formula is C26H31N7O4. The van der Waals surface area contributed by atoms with Crippen LogP contribution < -0.4 is 21.9 Å². The number of rotatable bonds is 5. The number of hydrogen-bond donors (Lipinski definition) is 4. The first-order chi connectivity index (χ1) is 17.9. The van der Waals surface area contributed by atoms with Gasteiger partial charge in [0.05, 0.1) is 5.92 Å². The van der Waals surface area contributed by atoms with Crippen molar-refractivity contribution in [2.45, 2.75) is 69.9 Å². The second kappa shape index (κ2) is 10.5. The van der Waals surface area contributed by atoms with Gasteiger partial charge in [0, 0.05) is 23.3 Å². The van der Waals surface area contributed by atoms with Crippen molar-refractivity contribution in [1.82, 2.24) is 24.8 Å². The van der Waals surface area contributed by atoms with Crippen molar-refractivity contribution in [2.24, 2.45) is 5.92 Å². The minimum absolute atomic E-state index is 0.164. The van der Waals surface area contributed by atoms with Crippen LogP contribution >= 0.6 is 0 Å². The maximum absolute atomic E-state index is 13.7. The predicted octanol–water partition coefficient (Wildman–Crippen LogP) is 3.71. The topological polar surface area (TPSA) is 165 Å². The lowest BCUT2D eigenvalue weighted by Gasteiger charge is -2.28. The van der Waals surface area contributed by atoms with E-state index in [1.54, 1.807) is 28.8 Å². The highest BCUT2D eigenvalue weighted by atomic mass is 16.4. The number of aliphatic carboxylic acids is 1. The third kappa shape index (κ3) is 5.25. The maximum Gasteiger partial charge on any atom is 0.319 e. The molecule has 0 radical (unpaired) electrons. The molecule has 11 nitrogen and oxygen atoms in total. The molecule has 1 aromatic carbocycles. The number of nitrogens with zero attached hydrogens (tertiary/aromatic N) is 4. The van der Waals surface area contributed by atoms with Crippen molar-refractivity contribution in [3.63, 3.8) is 0 Å². The lowest BCUT2D eigenvalue weighted by Crippen LogP contribution is -2.39. The molecule has 2 saturated carbocycles. The number of carbonyl (C=O) groups is 2. The van der Waals surface area contributed by atoms with Crippen molar-refractivity contribution in [1.29, 1.82) is 0 Å². The number of anilines is 2. The van der Waals surface area contributed by atoms with Gasteiger partial charge in [0.2, 0.25) is 0 Å². The number of amides is 2. The lowest BCUT2D eigenvalue weighted by molar-refractivity contribution is -0.143. The third-order valence-electron chi connectivity index (χ3n) is 7.47. The Kier molecular flexibility index (Phi) is 7.02. The zero-order valence-corrected chi connectivity index (χ0v) is 20.5. The van der Waals surface area contributed by atoms with E-state index in [1.165, 1.54) is 12.7 Å². The van der Waals surface area contributed by atoms with Gasteiger partial charge in [0.15, 0.2) is 11.5 Å². The highest BCUT2D eigenvalue weighted by Crippen LogP contribution is 2.34. The second-order valence-corrected chi connectivity index (χ2v) is 9.92. The normalized spacial score (nSPS) is 20.4. The monoisotopic (exact) mass is 505 g/mol. The molecule has 0 bridgehead atoms. The molecule has 2 amide bonds. The van der Waals surface area contributed by atoms with E-state index in [9.17, 15) is 19.5 Å². The number of carbonyl (C=O) groups excluding carboxylic acids is 1. The molecule has 11 heteroatoms. The van der Waals surface area contributed by atoms with Gasteiger partial charge in [-0.15, -0.1) is 0 Å². The van der Waals surface area contributed by atoms with Crippen LogP contribution in [0.4, 0.5) is 16.3 Å². The molecule has 5 rings (SSSR count). The molecule has 3 aromatic rings. The Morgan fingerprint density at radius 2 is 1.68 bits per heavy atom. The third-order valence-corrected chi connectivity index (χ3v) is 7.47. The van der Waals surface area contributed by atoms with Crippen molar-refractivity contribution >= 4 is 34.7 Å². The zero-order valence-electron chi connectivity index (χ0n) is 20.5. The highest BCUT2D eigenvalue weighted by molar-refractivity contribution is 5.90. The van der Waals surface area contributed by atoms with E-state index in [2.05, 4.69) is 25.6 Å². The summed E-state index contributed by atoms with van der Waals surface area (Å²) in [5, 5.41) is 15.2. The van der Waals surface area contributed by atoms with Gasteiger partial charge in [-0.25, -0.2) is 19.7 Å². The molecule has 0 saturated heterocycles. The number of urea groups is 1. The zero-order chi connectivity index (χ0) is 25.9. The Hall–Kier alpha value is -4.02. The van der Waals surface area contributed by atoms with Crippen molar-refractivity contribution in [2.75, 3.05) is 11.1 Å². The number of hydrogen-bond acceptors (Lipinski definition) is 7. The number of nitrogens with one attached hydrogen (secondary N) is 2. The first-order valence-corrected chi connectivity index (χ1v) is 12.8. The molecule has 0 atom stereocenters. The summed E-state index contributed by atoms with van der Waals surface area (Å²) in [6.07, 6.45) is 8.82. The number of benzene rings is 1. The number of nitrogen functional groups attached to an aromatic ring is 1. The van der Waals surface area contributed by atoms with Gasteiger partial charge in [-0.2, -0.15) is 0 Å². The van der Waals surface area contributed by atoms with E-state index in [4.69, 9.17) is 5.73 Å². The predicted molar refractivity (Wildman–Crippen MR) is 139 cm³/mol. The SMILES string of the molecule is Nc1ncnc2c1nc(-c1ccc(NC(=O)NC3CCCCC3)cc1)c(=O)n2C1CCC(C(=O)O)CC1. The van der Waals surface area contributed by atoms with Gasteiger partial charge >= 0.3 is 12.0 Å². The Labute approximate surface area is 213 Å². The first-order valence-electron chi connectivity index (χ1n) is 12.8. The molecule has 2 heterocycles. The van der Waals surface area contributed by atoms with Crippen LogP contribution in [0.2, 0.25) is 0 Å². The van der Waals surface area contributed by atoms with E-state index >= 15 is 0 Å². The molecule has 5 N–H and O–H groups in total. The molecule has 2 aliphatic carbocycles. The summed E-state index contributed by atoms with van der Waals surface area (Å²) in [7, 11) is 0. The lowest BCUT2D eigenvalue weighted by atomic mass is 9.86. The van der Waals surface area contributed by atoms with E-state index in [1.807, 2.05) is 0 Å². The molecular weight excluding hydrogens is 474 g/mol. The largest absolute Gasteiger partial charge is 0.481 e. The molecule has 0 spiro atoms. The van der Waals surface area contributed by atoms with Crippen LogP contribution in [-0.4, -0.2) is 42.7 Å². The van der Waals surface area contributed by atoms with Gasteiger partial charge < -0.3 is 21.5 Å². The summed E-state index contributed by atoms with van der Waals surface area (Å²) in [6.45, 7) is 0. The smallest absolute Gasteiger partial charge is 0.319 e. The van der Waals surface area contributed by atoms with Crippen molar-refractivity contribution < 1.29 is 14.7 Å². The van der Waals surface area contributed by atoms with Gasteiger partial charge in [-0.1, -0.05) is 31.4 Å². The Balaban J connectivity index is 1.42. The molecule has 2 aromatic heterocycles. The Bertz CT molecular complexity index is 1360. The fraction of sp³-hybridized carbons (Fsp3) is 0.462. The van der Waals surface area contributed by atoms with Gasteiger partial charge in [0.25, 0.3) is 5.56 Å². The summed E-state index contributed by atoms with van der Waals surface area (Å²) >= 11 is 0.